The molecule has 1 aliphatic carbocycles. The lowest BCUT2D eigenvalue weighted by Gasteiger charge is -2.36. The molecule has 0 bridgehead atoms. The summed E-state index contributed by atoms with van der Waals surface area (Å²) in [6.07, 6.45) is 1.29. The van der Waals surface area contributed by atoms with E-state index in [0.29, 0.717) is 12.8 Å². The summed E-state index contributed by atoms with van der Waals surface area (Å²) in [6.45, 7) is 2.03. The molecule has 4 N–H and O–H groups in total. The number of hydrogen-bond acceptors (Lipinski definition) is 4. The third-order valence-corrected chi connectivity index (χ3v) is 5.64. The van der Waals surface area contributed by atoms with Crippen molar-refractivity contribution in [1.82, 2.24) is 0 Å². The van der Waals surface area contributed by atoms with Gasteiger partial charge in [0.15, 0.2) is 0 Å². The van der Waals surface area contributed by atoms with Crippen LogP contribution < -0.4 is 0 Å². The summed E-state index contributed by atoms with van der Waals surface area (Å²) < 4.78 is 0. The zero-order valence-electron chi connectivity index (χ0n) is 15.2. The molecule has 0 amide bonds. The normalized spacial score (nSPS) is 26.0. The minimum absolute atomic E-state index is 0.109. The number of phenols is 1. The van der Waals surface area contributed by atoms with E-state index >= 15 is 0 Å². The lowest BCUT2D eigenvalue weighted by atomic mass is 9.74. The van der Waals surface area contributed by atoms with E-state index in [4.69, 9.17) is 0 Å². The Hall–Kier alpha value is -1.88. The van der Waals surface area contributed by atoms with Crippen molar-refractivity contribution < 1.29 is 20.4 Å². The number of aliphatic hydroxyl groups excluding tert-OH is 3. The summed E-state index contributed by atoms with van der Waals surface area (Å²) in [5.74, 6) is 0.119. The van der Waals surface area contributed by atoms with Gasteiger partial charge in [0.05, 0.1) is 12.2 Å². The van der Waals surface area contributed by atoms with Crippen LogP contribution >= 0.6 is 0 Å². The SMILES string of the molecule is CCc1ccc(C2CC(O)[C@H](O)C(CO)C2)cc1Cc1ccc(O)cc1. The zero-order valence-corrected chi connectivity index (χ0v) is 15.2. The van der Waals surface area contributed by atoms with Gasteiger partial charge in [0.2, 0.25) is 0 Å². The summed E-state index contributed by atoms with van der Waals surface area (Å²) in [7, 11) is 0. The number of aryl methyl sites for hydroxylation is 1. The quantitative estimate of drug-likeness (QED) is 0.664. The predicted octanol–water partition coefficient (Wildman–Crippen LogP) is 2.75. The monoisotopic (exact) mass is 356 g/mol. The standard InChI is InChI=1S/C22H28O4/c1-2-15-5-6-16(18-11-19(13-23)22(26)21(25)12-18)10-17(15)9-14-3-7-20(24)8-4-14/h3-8,10,18-19,21-26H,2,9,11-13H2,1H3/t18?,19?,21?,22-/m1/s1. The number of aliphatic hydroxyl groups is 3. The third-order valence-electron chi connectivity index (χ3n) is 5.64. The minimum atomic E-state index is -0.845. The summed E-state index contributed by atoms with van der Waals surface area (Å²) in [5, 5.41) is 39.2. The van der Waals surface area contributed by atoms with E-state index in [9.17, 15) is 20.4 Å². The van der Waals surface area contributed by atoms with E-state index in [1.165, 1.54) is 11.1 Å². The Morgan fingerprint density at radius 1 is 0.962 bits per heavy atom. The first-order valence-electron chi connectivity index (χ1n) is 9.38. The van der Waals surface area contributed by atoms with Crippen molar-refractivity contribution in [3.05, 3.63) is 64.7 Å². The Balaban J connectivity index is 1.86. The number of phenolic OH excluding ortho intramolecular Hbond substituents is 1. The smallest absolute Gasteiger partial charge is 0.115 e. The number of aromatic hydroxyl groups is 1. The second kappa shape index (κ2) is 8.21. The number of benzene rings is 2. The molecule has 2 aromatic rings. The average molecular weight is 356 g/mol. The molecule has 0 aromatic heterocycles. The van der Waals surface area contributed by atoms with E-state index in [1.807, 2.05) is 12.1 Å². The van der Waals surface area contributed by atoms with Gasteiger partial charge in [-0.3, -0.25) is 0 Å². The Morgan fingerprint density at radius 3 is 2.35 bits per heavy atom. The molecular formula is C22H28O4. The molecule has 4 nitrogen and oxygen atoms in total. The van der Waals surface area contributed by atoms with Gasteiger partial charge in [0, 0.05) is 12.5 Å². The molecular weight excluding hydrogens is 328 g/mol. The summed E-state index contributed by atoms with van der Waals surface area (Å²) >= 11 is 0. The maximum absolute atomic E-state index is 10.2. The van der Waals surface area contributed by atoms with Gasteiger partial charge in [-0.2, -0.15) is 0 Å². The molecule has 2 aromatic carbocycles. The first-order chi connectivity index (χ1) is 12.5. The molecule has 4 atom stereocenters. The van der Waals surface area contributed by atoms with Crippen LogP contribution in [0, 0.1) is 5.92 Å². The van der Waals surface area contributed by atoms with E-state index in [0.717, 1.165) is 24.0 Å². The van der Waals surface area contributed by atoms with E-state index < -0.39 is 12.2 Å². The van der Waals surface area contributed by atoms with Crippen LogP contribution in [0.1, 0.15) is 47.9 Å². The second-order valence-electron chi connectivity index (χ2n) is 7.39. The predicted molar refractivity (Wildman–Crippen MR) is 101 cm³/mol. The maximum atomic E-state index is 10.2. The highest BCUT2D eigenvalue weighted by atomic mass is 16.3. The molecule has 0 spiro atoms. The Kier molecular flexibility index (Phi) is 5.97. The molecule has 0 aliphatic heterocycles. The van der Waals surface area contributed by atoms with Crippen molar-refractivity contribution in [2.75, 3.05) is 6.61 Å². The van der Waals surface area contributed by atoms with Gasteiger partial charge in [-0.15, -0.1) is 0 Å². The average Bonchev–Trinajstić information content (AvgIpc) is 2.65. The Bertz CT molecular complexity index is 725. The summed E-state index contributed by atoms with van der Waals surface area (Å²) in [4.78, 5) is 0. The maximum Gasteiger partial charge on any atom is 0.115 e. The highest BCUT2D eigenvalue weighted by molar-refractivity contribution is 5.39. The lowest BCUT2D eigenvalue weighted by Crippen LogP contribution is -2.41. The fourth-order valence-corrected chi connectivity index (χ4v) is 4.04. The number of hydrogen-bond donors (Lipinski definition) is 4. The molecule has 1 saturated carbocycles. The van der Waals surface area contributed by atoms with Gasteiger partial charge in [-0.25, -0.2) is 0 Å². The van der Waals surface area contributed by atoms with Crippen LogP contribution in [-0.4, -0.2) is 39.2 Å². The van der Waals surface area contributed by atoms with Crippen LogP contribution in [0.4, 0.5) is 0 Å². The molecule has 1 aliphatic rings. The van der Waals surface area contributed by atoms with Crippen LogP contribution in [0.25, 0.3) is 0 Å². The molecule has 0 saturated heterocycles. The molecule has 3 unspecified atom stereocenters. The zero-order chi connectivity index (χ0) is 18.7. The van der Waals surface area contributed by atoms with Gasteiger partial charge in [-0.1, -0.05) is 37.3 Å². The largest absolute Gasteiger partial charge is 0.508 e. The molecule has 26 heavy (non-hydrogen) atoms. The van der Waals surface area contributed by atoms with Gasteiger partial charge in [0.1, 0.15) is 5.75 Å². The number of rotatable bonds is 5. The molecule has 3 rings (SSSR count). The van der Waals surface area contributed by atoms with Crippen molar-refractivity contribution in [2.45, 2.75) is 50.7 Å². The molecule has 140 valence electrons. The molecule has 0 heterocycles. The van der Waals surface area contributed by atoms with Crippen molar-refractivity contribution >= 4 is 0 Å². The van der Waals surface area contributed by atoms with Gasteiger partial charge in [0.25, 0.3) is 0 Å². The first-order valence-corrected chi connectivity index (χ1v) is 9.38. The van der Waals surface area contributed by atoms with Gasteiger partial charge >= 0.3 is 0 Å². The van der Waals surface area contributed by atoms with Crippen LogP contribution in [-0.2, 0) is 12.8 Å². The van der Waals surface area contributed by atoms with Gasteiger partial charge in [-0.05, 0) is 66.0 Å². The molecule has 1 fully saturated rings. The summed E-state index contributed by atoms with van der Waals surface area (Å²) in [5.41, 5.74) is 4.83. The Labute approximate surface area is 154 Å². The lowest BCUT2D eigenvalue weighted by molar-refractivity contribution is -0.0647. The summed E-state index contributed by atoms with van der Waals surface area (Å²) in [6, 6.07) is 13.7. The van der Waals surface area contributed by atoms with E-state index in [2.05, 4.69) is 25.1 Å². The van der Waals surface area contributed by atoms with Crippen LogP contribution in [0.15, 0.2) is 42.5 Å². The topological polar surface area (TPSA) is 80.9 Å². The van der Waals surface area contributed by atoms with E-state index in [1.54, 1.807) is 12.1 Å². The van der Waals surface area contributed by atoms with Crippen molar-refractivity contribution in [3.8, 4) is 5.75 Å². The first kappa shape index (κ1) is 18.9. The van der Waals surface area contributed by atoms with E-state index in [-0.39, 0.29) is 24.2 Å². The fraction of sp³-hybridized carbons (Fsp3) is 0.455. The minimum Gasteiger partial charge on any atom is -0.508 e. The van der Waals surface area contributed by atoms with Crippen LogP contribution in [0.3, 0.4) is 0 Å². The molecule has 4 heteroatoms. The van der Waals surface area contributed by atoms with Crippen LogP contribution in [0.2, 0.25) is 0 Å². The highest BCUT2D eigenvalue weighted by Crippen LogP contribution is 2.37. The van der Waals surface area contributed by atoms with Crippen molar-refractivity contribution in [3.63, 3.8) is 0 Å². The third kappa shape index (κ3) is 4.09. The highest BCUT2D eigenvalue weighted by Gasteiger charge is 2.36. The van der Waals surface area contributed by atoms with Crippen molar-refractivity contribution in [1.29, 1.82) is 0 Å². The second-order valence-corrected chi connectivity index (χ2v) is 7.39. The van der Waals surface area contributed by atoms with Crippen molar-refractivity contribution in [2.24, 2.45) is 5.92 Å². The fourth-order valence-electron chi connectivity index (χ4n) is 4.04. The van der Waals surface area contributed by atoms with Gasteiger partial charge < -0.3 is 20.4 Å². The van der Waals surface area contributed by atoms with Crippen LogP contribution in [0.5, 0.6) is 5.75 Å². The Morgan fingerprint density at radius 2 is 1.69 bits per heavy atom. The molecule has 0 radical (unpaired) electrons.